The SMILES string of the molecule is CCOC(=O)C(C)=Cc1ccc(N)cc1OCC. The van der Waals surface area contributed by atoms with Crippen molar-refractivity contribution < 1.29 is 14.3 Å². The van der Waals surface area contributed by atoms with E-state index in [-0.39, 0.29) is 5.97 Å². The molecule has 98 valence electrons. The molecule has 0 unspecified atom stereocenters. The van der Waals surface area contributed by atoms with Crippen LogP contribution in [0.1, 0.15) is 26.3 Å². The minimum atomic E-state index is -0.322. The Morgan fingerprint density at radius 2 is 2.06 bits per heavy atom. The minimum Gasteiger partial charge on any atom is -0.493 e. The van der Waals surface area contributed by atoms with Crippen LogP contribution in [0.5, 0.6) is 5.75 Å². The van der Waals surface area contributed by atoms with Crippen LogP contribution >= 0.6 is 0 Å². The van der Waals surface area contributed by atoms with Gasteiger partial charge in [-0.2, -0.15) is 0 Å². The highest BCUT2D eigenvalue weighted by molar-refractivity contribution is 5.93. The maximum atomic E-state index is 11.5. The maximum absolute atomic E-state index is 11.5. The van der Waals surface area contributed by atoms with Gasteiger partial charge in [0.15, 0.2) is 0 Å². The average molecular weight is 249 g/mol. The monoisotopic (exact) mass is 249 g/mol. The fraction of sp³-hybridized carbons (Fsp3) is 0.357. The first-order chi connectivity index (χ1) is 8.58. The molecule has 0 aliphatic heterocycles. The van der Waals surface area contributed by atoms with E-state index in [1.54, 1.807) is 32.1 Å². The van der Waals surface area contributed by atoms with E-state index in [0.29, 0.717) is 30.2 Å². The highest BCUT2D eigenvalue weighted by atomic mass is 16.5. The minimum absolute atomic E-state index is 0.322. The van der Waals surface area contributed by atoms with E-state index >= 15 is 0 Å². The number of carbonyl (C=O) groups is 1. The molecule has 1 rings (SSSR count). The molecule has 0 aromatic heterocycles. The summed E-state index contributed by atoms with van der Waals surface area (Å²) in [7, 11) is 0. The molecule has 0 saturated heterocycles. The van der Waals surface area contributed by atoms with Gasteiger partial charge in [0.2, 0.25) is 0 Å². The summed E-state index contributed by atoms with van der Waals surface area (Å²) in [5, 5.41) is 0. The molecule has 0 spiro atoms. The molecule has 4 nitrogen and oxygen atoms in total. The molecule has 0 heterocycles. The highest BCUT2D eigenvalue weighted by Crippen LogP contribution is 2.24. The lowest BCUT2D eigenvalue weighted by Gasteiger charge is -2.09. The van der Waals surface area contributed by atoms with E-state index < -0.39 is 0 Å². The average Bonchev–Trinajstić information content (AvgIpc) is 2.33. The summed E-state index contributed by atoms with van der Waals surface area (Å²) in [5.74, 6) is 0.345. The molecule has 2 N–H and O–H groups in total. The summed E-state index contributed by atoms with van der Waals surface area (Å²) >= 11 is 0. The van der Waals surface area contributed by atoms with Gasteiger partial charge < -0.3 is 15.2 Å². The molecular weight excluding hydrogens is 230 g/mol. The van der Waals surface area contributed by atoms with Gasteiger partial charge in [0.25, 0.3) is 0 Å². The predicted molar refractivity (Wildman–Crippen MR) is 72.3 cm³/mol. The van der Waals surface area contributed by atoms with Crippen LogP contribution in [0.3, 0.4) is 0 Å². The third-order valence-corrected chi connectivity index (χ3v) is 2.31. The van der Waals surface area contributed by atoms with Crippen molar-refractivity contribution in [3.63, 3.8) is 0 Å². The molecule has 0 atom stereocenters. The quantitative estimate of drug-likeness (QED) is 0.495. The van der Waals surface area contributed by atoms with Crippen molar-refractivity contribution in [1.82, 2.24) is 0 Å². The lowest BCUT2D eigenvalue weighted by Crippen LogP contribution is -2.05. The van der Waals surface area contributed by atoms with Crippen molar-refractivity contribution in [2.24, 2.45) is 0 Å². The lowest BCUT2D eigenvalue weighted by molar-refractivity contribution is -0.138. The molecule has 0 bridgehead atoms. The van der Waals surface area contributed by atoms with Crippen molar-refractivity contribution >= 4 is 17.7 Å². The number of benzene rings is 1. The standard InChI is InChI=1S/C14H19NO3/c1-4-17-13-9-12(15)7-6-11(13)8-10(3)14(16)18-5-2/h6-9H,4-5,15H2,1-3H3. The molecule has 1 aromatic carbocycles. The summed E-state index contributed by atoms with van der Waals surface area (Å²) in [5.41, 5.74) is 7.68. The van der Waals surface area contributed by atoms with Crippen LogP contribution in [0.25, 0.3) is 6.08 Å². The van der Waals surface area contributed by atoms with Crippen LogP contribution < -0.4 is 10.5 Å². The third-order valence-electron chi connectivity index (χ3n) is 2.31. The lowest BCUT2D eigenvalue weighted by atomic mass is 10.1. The smallest absolute Gasteiger partial charge is 0.333 e. The number of hydrogen-bond donors (Lipinski definition) is 1. The van der Waals surface area contributed by atoms with E-state index in [2.05, 4.69) is 0 Å². The second-order valence-electron chi connectivity index (χ2n) is 3.78. The van der Waals surface area contributed by atoms with Gasteiger partial charge in [0.05, 0.1) is 13.2 Å². The zero-order chi connectivity index (χ0) is 13.5. The van der Waals surface area contributed by atoms with Crippen molar-refractivity contribution in [3.8, 4) is 5.75 Å². The number of hydrogen-bond acceptors (Lipinski definition) is 4. The van der Waals surface area contributed by atoms with Gasteiger partial charge in [-0.25, -0.2) is 4.79 Å². The Labute approximate surface area is 107 Å². The first-order valence-corrected chi connectivity index (χ1v) is 5.96. The molecule has 0 aliphatic carbocycles. The molecule has 0 saturated carbocycles. The molecule has 0 aliphatic rings. The molecule has 0 radical (unpaired) electrons. The van der Waals surface area contributed by atoms with Crippen LogP contribution in [0, 0.1) is 0 Å². The Bertz CT molecular complexity index is 452. The fourth-order valence-corrected chi connectivity index (χ4v) is 1.49. The number of anilines is 1. The van der Waals surface area contributed by atoms with Gasteiger partial charge in [0, 0.05) is 22.9 Å². The number of ether oxygens (including phenoxy) is 2. The number of carbonyl (C=O) groups excluding carboxylic acids is 1. The van der Waals surface area contributed by atoms with E-state index in [9.17, 15) is 4.79 Å². The Morgan fingerprint density at radius 3 is 2.67 bits per heavy atom. The van der Waals surface area contributed by atoms with Crippen molar-refractivity contribution in [3.05, 3.63) is 29.3 Å². The van der Waals surface area contributed by atoms with Gasteiger partial charge in [-0.05, 0) is 39.0 Å². The Kier molecular flexibility index (Phi) is 5.24. The van der Waals surface area contributed by atoms with E-state index in [1.807, 2.05) is 13.0 Å². The summed E-state index contributed by atoms with van der Waals surface area (Å²) in [6.07, 6.45) is 1.74. The van der Waals surface area contributed by atoms with Crippen LogP contribution in [-0.4, -0.2) is 19.2 Å². The molecule has 4 heteroatoms. The van der Waals surface area contributed by atoms with Gasteiger partial charge in [-0.3, -0.25) is 0 Å². The topological polar surface area (TPSA) is 61.5 Å². The summed E-state index contributed by atoms with van der Waals surface area (Å²) in [4.78, 5) is 11.5. The number of nitrogens with two attached hydrogens (primary N) is 1. The summed E-state index contributed by atoms with van der Waals surface area (Å²) in [6, 6.07) is 5.34. The normalized spacial score (nSPS) is 11.2. The highest BCUT2D eigenvalue weighted by Gasteiger charge is 2.07. The summed E-state index contributed by atoms with van der Waals surface area (Å²) < 4.78 is 10.4. The van der Waals surface area contributed by atoms with Gasteiger partial charge >= 0.3 is 5.97 Å². The second kappa shape index (κ2) is 6.69. The van der Waals surface area contributed by atoms with Crippen LogP contribution in [0.15, 0.2) is 23.8 Å². The number of rotatable bonds is 5. The predicted octanol–water partition coefficient (Wildman–Crippen LogP) is 2.63. The Morgan fingerprint density at radius 1 is 1.33 bits per heavy atom. The summed E-state index contributed by atoms with van der Waals surface area (Å²) in [6.45, 7) is 6.30. The first-order valence-electron chi connectivity index (χ1n) is 5.96. The van der Waals surface area contributed by atoms with E-state index in [1.165, 1.54) is 0 Å². The zero-order valence-electron chi connectivity index (χ0n) is 11.0. The van der Waals surface area contributed by atoms with Crippen LogP contribution in [-0.2, 0) is 9.53 Å². The zero-order valence-corrected chi connectivity index (χ0v) is 11.0. The molecule has 0 amide bonds. The van der Waals surface area contributed by atoms with Crippen LogP contribution in [0.2, 0.25) is 0 Å². The molecular formula is C14H19NO3. The van der Waals surface area contributed by atoms with E-state index in [0.717, 1.165) is 5.56 Å². The molecule has 1 aromatic rings. The van der Waals surface area contributed by atoms with Crippen molar-refractivity contribution in [2.75, 3.05) is 18.9 Å². The Hall–Kier alpha value is -1.97. The second-order valence-corrected chi connectivity index (χ2v) is 3.78. The van der Waals surface area contributed by atoms with Gasteiger partial charge in [-0.15, -0.1) is 0 Å². The first kappa shape index (κ1) is 14.1. The van der Waals surface area contributed by atoms with E-state index in [4.69, 9.17) is 15.2 Å². The number of nitrogen functional groups attached to an aromatic ring is 1. The van der Waals surface area contributed by atoms with Gasteiger partial charge in [0.1, 0.15) is 5.75 Å². The van der Waals surface area contributed by atoms with Crippen LogP contribution in [0.4, 0.5) is 5.69 Å². The van der Waals surface area contributed by atoms with Crippen molar-refractivity contribution in [2.45, 2.75) is 20.8 Å². The number of esters is 1. The Balaban J connectivity index is 3.01. The maximum Gasteiger partial charge on any atom is 0.333 e. The third kappa shape index (κ3) is 3.80. The van der Waals surface area contributed by atoms with Gasteiger partial charge in [-0.1, -0.05) is 0 Å². The largest absolute Gasteiger partial charge is 0.493 e. The van der Waals surface area contributed by atoms with Crippen molar-refractivity contribution in [1.29, 1.82) is 0 Å². The fourth-order valence-electron chi connectivity index (χ4n) is 1.49. The molecule has 18 heavy (non-hydrogen) atoms. The molecule has 0 fully saturated rings.